The topological polar surface area (TPSA) is 44.7 Å². The van der Waals surface area contributed by atoms with Crippen LogP contribution in [0.4, 0.5) is 16.2 Å². The molecule has 1 aromatic carbocycles. The summed E-state index contributed by atoms with van der Waals surface area (Å²) in [5.74, 6) is 0.320. The van der Waals surface area contributed by atoms with Crippen LogP contribution in [0, 0.1) is 5.92 Å². The van der Waals surface area contributed by atoms with Gasteiger partial charge in [-0.3, -0.25) is 9.89 Å². The standard InChI is InChI=1S/C17H17N3O/c1-11-5-2-6-12-15-13(19-16(11)12)7-3-8-14(15)20-10-4-9-18-17(20)21/h2-3,5-8,11H,4,9-10H2,1H3,(H,18,21). The summed E-state index contributed by atoms with van der Waals surface area (Å²) in [5.41, 5.74) is 5.31. The lowest BCUT2D eigenvalue weighted by molar-refractivity contribution is 0.243. The van der Waals surface area contributed by atoms with Crippen LogP contribution in [0.3, 0.4) is 0 Å². The maximum absolute atomic E-state index is 12.2. The Bertz CT molecular complexity index is 715. The van der Waals surface area contributed by atoms with Crippen molar-refractivity contribution in [1.29, 1.82) is 0 Å². The lowest BCUT2D eigenvalue weighted by Crippen LogP contribution is -2.46. The number of amides is 2. The third kappa shape index (κ3) is 1.82. The van der Waals surface area contributed by atoms with E-state index in [9.17, 15) is 4.79 Å². The van der Waals surface area contributed by atoms with Gasteiger partial charge >= 0.3 is 6.03 Å². The van der Waals surface area contributed by atoms with Gasteiger partial charge in [-0.05, 0) is 18.6 Å². The van der Waals surface area contributed by atoms with Crippen molar-refractivity contribution >= 4 is 28.7 Å². The van der Waals surface area contributed by atoms with E-state index in [-0.39, 0.29) is 6.03 Å². The van der Waals surface area contributed by atoms with Crippen molar-refractivity contribution in [2.75, 3.05) is 18.0 Å². The summed E-state index contributed by atoms with van der Waals surface area (Å²) < 4.78 is 0. The Kier molecular flexibility index (Phi) is 2.70. The van der Waals surface area contributed by atoms with Crippen molar-refractivity contribution < 1.29 is 4.79 Å². The average molecular weight is 279 g/mol. The quantitative estimate of drug-likeness (QED) is 0.842. The van der Waals surface area contributed by atoms with Gasteiger partial charge in [-0.25, -0.2) is 4.79 Å². The third-order valence-electron chi connectivity index (χ3n) is 4.27. The third-order valence-corrected chi connectivity index (χ3v) is 4.27. The van der Waals surface area contributed by atoms with Gasteiger partial charge in [-0.15, -0.1) is 0 Å². The molecule has 1 N–H and O–H groups in total. The molecule has 3 aliphatic rings. The highest BCUT2D eigenvalue weighted by Gasteiger charge is 2.31. The predicted octanol–water partition coefficient (Wildman–Crippen LogP) is 3.28. The van der Waals surface area contributed by atoms with Crippen LogP contribution in [0.5, 0.6) is 0 Å². The zero-order valence-corrected chi connectivity index (χ0v) is 12.0. The van der Waals surface area contributed by atoms with E-state index in [1.165, 1.54) is 0 Å². The molecule has 0 radical (unpaired) electrons. The Balaban J connectivity index is 1.85. The van der Waals surface area contributed by atoms with Crippen LogP contribution >= 0.6 is 0 Å². The highest BCUT2D eigenvalue weighted by atomic mass is 16.2. The normalized spacial score (nSPS) is 23.2. The van der Waals surface area contributed by atoms with Crippen molar-refractivity contribution in [3.05, 3.63) is 42.0 Å². The molecule has 1 fully saturated rings. The molecule has 1 atom stereocenters. The van der Waals surface area contributed by atoms with Crippen LogP contribution in [-0.4, -0.2) is 24.8 Å². The average Bonchev–Trinajstić information content (AvgIpc) is 2.88. The second kappa shape index (κ2) is 4.58. The van der Waals surface area contributed by atoms with E-state index in [1.807, 2.05) is 23.1 Å². The van der Waals surface area contributed by atoms with Crippen molar-refractivity contribution in [3.63, 3.8) is 0 Å². The molecule has 0 bridgehead atoms. The Morgan fingerprint density at radius 1 is 1.38 bits per heavy atom. The molecule has 2 aliphatic heterocycles. The van der Waals surface area contributed by atoms with E-state index in [4.69, 9.17) is 4.99 Å². The highest BCUT2D eigenvalue weighted by molar-refractivity contribution is 6.32. The van der Waals surface area contributed by atoms with E-state index in [0.717, 1.165) is 47.7 Å². The predicted molar refractivity (Wildman–Crippen MR) is 85.2 cm³/mol. The fraction of sp³-hybridized carbons (Fsp3) is 0.294. The van der Waals surface area contributed by atoms with Crippen LogP contribution in [0.15, 0.2) is 41.4 Å². The summed E-state index contributed by atoms with van der Waals surface area (Å²) >= 11 is 0. The molecule has 0 spiro atoms. The molecule has 1 unspecified atom stereocenters. The summed E-state index contributed by atoms with van der Waals surface area (Å²) in [5, 5.41) is 2.92. The van der Waals surface area contributed by atoms with E-state index >= 15 is 0 Å². The number of benzene rings is 1. The minimum Gasteiger partial charge on any atom is -0.338 e. The molecule has 4 rings (SSSR count). The molecule has 1 aliphatic carbocycles. The first-order valence-electron chi connectivity index (χ1n) is 7.42. The van der Waals surface area contributed by atoms with Crippen LogP contribution in [0.1, 0.15) is 18.9 Å². The van der Waals surface area contributed by atoms with Crippen LogP contribution in [0.2, 0.25) is 0 Å². The number of carbonyl (C=O) groups is 1. The fourth-order valence-electron chi connectivity index (χ4n) is 3.23. The first-order chi connectivity index (χ1) is 10.3. The number of carbonyl (C=O) groups excluding carboxylic acids is 1. The summed E-state index contributed by atoms with van der Waals surface area (Å²) in [7, 11) is 0. The zero-order valence-electron chi connectivity index (χ0n) is 12.0. The number of urea groups is 1. The van der Waals surface area contributed by atoms with E-state index in [0.29, 0.717) is 5.92 Å². The summed E-state index contributed by atoms with van der Waals surface area (Å²) in [6.07, 6.45) is 7.32. The Morgan fingerprint density at radius 3 is 3.14 bits per heavy atom. The molecule has 0 saturated carbocycles. The Morgan fingerprint density at radius 2 is 2.29 bits per heavy atom. The highest BCUT2D eigenvalue weighted by Crippen LogP contribution is 2.44. The lowest BCUT2D eigenvalue weighted by atomic mass is 9.89. The molecule has 106 valence electrons. The molecule has 2 heterocycles. The molecule has 21 heavy (non-hydrogen) atoms. The van der Waals surface area contributed by atoms with Gasteiger partial charge < -0.3 is 5.32 Å². The molecular formula is C17H17N3O. The molecule has 1 saturated heterocycles. The number of nitrogens with one attached hydrogen (secondary N) is 1. The second-order valence-electron chi connectivity index (χ2n) is 5.66. The fourth-order valence-corrected chi connectivity index (χ4v) is 3.23. The number of hydrogen-bond donors (Lipinski definition) is 1. The van der Waals surface area contributed by atoms with Crippen molar-refractivity contribution in [3.8, 4) is 0 Å². The number of hydrogen-bond acceptors (Lipinski definition) is 2. The van der Waals surface area contributed by atoms with Crippen LogP contribution in [0.25, 0.3) is 5.57 Å². The lowest BCUT2D eigenvalue weighted by Gasteiger charge is -2.29. The van der Waals surface area contributed by atoms with Gasteiger partial charge in [0.05, 0.1) is 17.1 Å². The van der Waals surface area contributed by atoms with E-state index in [2.05, 4.69) is 30.5 Å². The number of anilines is 1. The van der Waals surface area contributed by atoms with Crippen LogP contribution in [-0.2, 0) is 0 Å². The summed E-state index contributed by atoms with van der Waals surface area (Å²) in [6.45, 7) is 3.67. The van der Waals surface area contributed by atoms with Gasteiger partial charge in [0.2, 0.25) is 0 Å². The van der Waals surface area contributed by atoms with E-state index < -0.39 is 0 Å². The first-order valence-corrected chi connectivity index (χ1v) is 7.42. The minimum absolute atomic E-state index is 0.0110. The SMILES string of the molecule is CC1C=CC=C2C1=Nc1cccc(N3CCCNC3=O)c12. The molecule has 1 aromatic rings. The van der Waals surface area contributed by atoms with Gasteiger partial charge in [0.25, 0.3) is 0 Å². The second-order valence-corrected chi connectivity index (χ2v) is 5.66. The molecule has 4 nitrogen and oxygen atoms in total. The molecule has 4 heteroatoms. The number of rotatable bonds is 1. The monoisotopic (exact) mass is 279 g/mol. The van der Waals surface area contributed by atoms with Gasteiger partial charge in [-0.2, -0.15) is 0 Å². The smallest absolute Gasteiger partial charge is 0.321 e. The maximum Gasteiger partial charge on any atom is 0.321 e. The Labute approximate surface area is 123 Å². The minimum atomic E-state index is -0.0110. The van der Waals surface area contributed by atoms with Gasteiger partial charge in [-0.1, -0.05) is 31.2 Å². The summed E-state index contributed by atoms with van der Waals surface area (Å²) in [6, 6.07) is 6.02. The maximum atomic E-state index is 12.2. The van der Waals surface area contributed by atoms with Gasteiger partial charge in [0, 0.05) is 30.1 Å². The molecule has 2 amide bonds. The van der Waals surface area contributed by atoms with E-state index in [1.54, 1.807) is 0 Å². The number of allylic oxidation sites excluding steroid dienone is 4. The van der Waals surface area contributed by atoms with Crippen molar-refractivity contribution in [2.45, 2.75) is 13.3 Å². The summed E-state index contributed by atoms with van der Waals surface area (Å²) in [4.78, 5) is 18.8. The van der Waals surface area contributed by atoms with Crippen LogP contribution < -0.4 is 10.2 Å². The number of fused-ring (bicyclic) bond motifs is 3. The van der Waals surface area contributed by atoms with Gasteiger partial charge in [0.15, 0.2) is 0 Å². The largest absolute Gasteiger partial charge is 0.338 e. The van der Waals surface area contributed by atoms with Crippen molar-refractivity contribution in [2.24, 2.45) is 10.9 Å². The first kappa shape index (κ1) is 12.4. The number of aliphatic imine (C=N–C) groups is 1. The zero-order chi connectivity index (χ0) is 14.4. The Hall–Kier alpha value is -2.36. The molecule has 0 aromatic heterocycles. The molecular weight excluding hydrogens is 262 g/mol. The van der Waals surface area contributed by atoms with Crippen molar-refractivity contribution in [1.82, 2.24) is 5.32 Å². The van der Waals surface area contributed by atoms with Gasteiger partial charge in [0.1, 0.15) is 0 Å². The number of nitrogens with zero attached hydrogens (tertiary/aromatic N) is 2.